The molecule has 2 N–H and O–H groups in total. The monoisotopic (exact) mass is 433 g/mol. The van der Waals surface area contributed by atoms with Gasteiger partial charge in [-0.05, 0) is 38.3 Å². The minimum absolute atomic E-state index is 0.0396. The topological polar surface area (TPSA) is 118 Å². The molecule has 4 heterocycles. The molecule has 3 aromatic heterocycles. The Kier molecular flexibility index (Phi) is 5.41. The van der Waals surface area contributed by atoms with Crippen LogP contribution in [0.5, 0.6) is 5.88 Å². The number of piperidine rings is 1. The van der Waals surface area contributed by atoms with E-state index in [-0.39, 0.29) is 18.1 Å². The van der Waals surface area contributed by atoms with Crippen LogP contribution in [0, 0.1) is 5.92 Å². The molecule has 0 bridgehead atoms. The Hall–Kier alpha value is -2.66. The van der Waals surface area contributed by atoms with Gasteiger partial charge < -0.3 is 10.1 Å². The molecular formula is C19H27N7O3S. The zero-order valence-electron chi connectivity index (χ0n) is 17.5. The van der Waals surface area contributed by atoms with Gasteiger partial charge in [0.25, 0.3) is 0 Å². The molecule has 0 saturated carbocycles. The van der Waals surface area contributed by atoms with Crippen molar-refractivity contribution in [3.63, 3.8) is 0 Å². The van der Waals surface area contributed by atoms with E-state index >= 15 is 0 Å². The second-order valence-corrected chi connectivity index (χ2v) is 10.0. The van der Waals surface area contributed by atoms with Crippen molar-refractivity contribution >= 4 is 21.6 Å². The number of H-pyrrole nitrogens is 1. The van der Waals surface area contributed by atoms with Crippen molar-refractivity contribution < 1.29 is 13.2 Å². The maximum Gasteiger partial charge on any atom is 0.243 e. The van der Waals surface area contributed by atoms with E-state index in [0.717, 1.165) is 11.1 Å². The summed E-state index contributed by atoms with van der Waals surface area (Å²) in [5, 5.41) is 14.9. The molecular weight excluding hydrogens is 406 g/mol. The lowest BCUT2D eigenvalue weighted by Crippen LogP contribution is -2.47. The van der Waals surface area contributed by atoms with E-state index in [0.29, 0.717) is 37.0 Å². The highest BCUT2D eigenvalue weighted by Crippen LogP contribution is 2.31. The maximum atomic E-state index is 11.8. The summed E-state index contributed by atoms with van der Waals surface area (Å²) in [5.74, 6) is 1.23. The summed E-state index contributed by atoms with van der Waals surface area (Å²) in [6.07, 6.45) is 5.45. The van der Waals surface area contributed by atoms with Crippen molar-refractivity contribution in [2.24, 2.45) is 5.92 Å². The first kappa shape index (κ1) is 20.6. The number of ether oxygens (including phenoxy) is 1. The van der Waals surface area contributed by atoms with Crippen molar-refractivity contribution in [3.05, 3.63) is 24.5 Å². The van der Waals surface area contributed by atoms with E-state index in [4.69, 9.17) is 4.74 Å². The van der Waals surface area contributed by atoms with Gasteiger partial charge in [0.1, 0.15) is 0 Å². The van der Waals surface area contributed by atoms with Gasteiger partial charge >= 0.3 is 0 Å². The van der Waals surface area contributed by atoms with E-state index in [1.807, 2.05) is 39.1 Å². The van der Waals surface area contributed by atoms with Crippen molar-refractivity contribution in [1.29, 1.82) is 0 Å². The van der Waals surface area contributed by atoms with Crippen LogP contribution in [0.1, 0.15) is 27.2 Å². The summed E-state index contributed by atoms with van der Waals surface area (Å²) < 4.78 is 33.0. The van der Waals surface area contributed by atoms with Crippen LogP contribution in [-0.4, -0.2) is 69.0 Å². The molecule has 0 amide bonds. The first-order valence-corrected chi connectivity index (χ1v) is 11.8. The lowest BCUT2D eigenvalue weighted by atomic mass is 9.95. The Morgan fingerprint density at radius 1 is 1.33 bits per heavy atom. The van der Waals surface area contributed by atoms with Crippen molar-refractivity contribution in [1.82, 2.24) is 29.1 Å². The number of sulfonamides is 1. The highest BCUT2D eigenvalue weighted by Gasteiger charge is 2.31. The zero-order valence-corrected chi connectivity index (χ0v) is 18.3. The third kappa shape index (κ3) is 4.12. The quantitative estimate of drug-likeness (QED) is 0.610. The van der Waals surface area contributed by atoms with Gasteiger partial charge in [0.2, 0.25) is 21.9 Å². The summed E-state index contributed by atoms with van der Waals surface area (Å²) >= 11 is 0. The molecule has 3 aromatic rings. The summed E-state index contributed by atoms with van der Waals surface area (Å²) in [6, 6.07) is 3.93. The van der Waals surface area contributed by atoms with Crippen molar-refractivity contribution in [3.8, 4) is 17.0 Å². The van der Waals surface area contributed by atoms with Crippen LogP contribution in [0.25, 0.3) is 16.8 Å². The Morgan fingerprint density at radius 2 is 2.13 bits per heavy atom. The van der Waals surface area contributed by atoms with E-state index in [1.54, 1.807) is 10.7 Å². The molecule has 1 saturated heterocycles. The van der Waals surface area contributed by atoms with E-state index in [2.05, 4.69) is 25.6 Å². The molecule has 0 aliphatic carbocycles. The molecule has 1 aliphatic rings. The average molecular weight is 434 g/mol. The SMILES string of the molecule is CC(C)Oc1c(-c2cn[nH]c2)ccc2nc(N[C@H]3CCN(S(C)(=O)=O)C[C@H]3C)nn12. The molecule has 162 valence electrons. The third-order valence-corrected chi connectivity index (χ3v) is 6.53. The fourth-order valence-corrected chi connectivity index (χ4v) is 4.67. The minimum atomic E-state index is -3.17. The number of aromatic amines is 1. The van der Waals surface area contributed by atoms with Crippen LogP contribution < -0.4 is 10.1 Å². The van der Waals surface area contributed by atoms with Gasteiger partial charge in [-0.15, -0.1) is 5.10 Å². The van der Waals surface area contributed by atoms with Crippen molar-refractivity contribution in [2.75, 3.05) is 24.7 Å². The number of aromatic nitrogens is 5. The summed E-state index contributed by atoms with van der Waals surface area (Å²) in [6.45, 7) is 6.93. The van der Waals surface area contributed by atoms with Gasteiger partial charge in [-0.1, -0.05) is 6.92 Å². The molecule has 30 heavy (non-hydrogen) atoms. The molecule has 2 atom stereocenters. The molecule has 0 radical (unpaired) electrons. The lowest BCUT2D eigenvalue weighted by Gasteiger charge is -2.35. The number of hydrogen-bond acceptors (Lipinski definition) is 7. The van der Waals surface area contributed by atoms with Crippen LogP contribution in [0.3, 0.4) is 0 Å². The number of pyridine rings is 1. The van der Waals surface area contributed by atoms with Gasteiger partial charge in [-0.3, -0.25) is 5.10 Å². The number of rotatable bonds is 6. The molecule has 0 unspecified atom stereocenters. The molecule has 0 aromatic carbocycles. The van der Waals surface area contributed by atoms with E-state index in [9.17, 15) is 8.42 Å². The van der Waals surface area contributed by atoms with Gasteiger partial charge in [0.15, 0.2) is 5.65 Å². The van der Waals surface area contributed by atoms with Crippen LogP contribution in [-0.2, 0) is 10.0 Å². The summed E-state index contributed by atoms with van der Waals surface area (Å²) in [5.41, 5.74) is 2.44. The van der Waals surface area contributed by atoms with Gasteiger partial charge in [0, 0.05) is 36.5 Å². The number of hydrogen-bond donors (Lipinski definition) is 2. The largest absolute Gasteiger partial charge is 0.474 e. The van der Waals surface area contributed by atoms with Gasteiger partial charge in [0.05, 0.1) is 18.6 Å². The standard InChI is InChI=1S/C19H27N7O3S/c1-12(2)29-18-15(14-9-20-21-10-14)5-6-17-23-19(24-26(17)18)22-16-7-8-25(11-13(16)3)30(4,27)28/h5-6,9-10,12-13,16H,7-8,11H2,1-4H3,(H,20,21)(H,22,24)/t13-,16+/m1/s1. The second-order valence-electron chi connectivity index (χ2n) is 8.05. The number of anilines is 1. The second kappa shape index (κ2) is 7.88. The van der Waals surface area contributed by atoms with E-state index < -0.39 is 10.0 Å². The van der Waals surface area contributed by atoms with Gasteiger partial charge in [-0.25, -0.2) is 12.7 Å². The Balaban J connectivity index is 1.62. The maximum absolute atomic E-state index is 11.8. The fourth-order valence-electron chi connectivity index (χ4n) is 3.73. The molecule has 10 nitrogen and oxygen atoms in total. The lowest BCUT2D eigenvalue weighted by molar-refractivity contribution is 0.228. The van der Waals surface area contributed by atoms with Crippen LogP contribution in [0.4, 0.5) is 5.95 Å². The Bertz CT molecular complexity index is 1120. The molecule has 0 spiro atoms. The van der Waals surface area contributed by atoms with Crippen LogP contribution in [0.15, 0.2) is 24.5 Å². The Morgan fingerprint density at radius 3 is 2.77 bits per heavy atom. The predicted molar refractivity (Wildman–Crippen MR) is 114 cm³/mol. The summed E-state index contributed by atoms with van der Waals surface area (Å²) in [4.78, 5) is 4.60. The minimum Gasteiger partial charge on any atom is -0.474 e. The number of fused-ring (bicyclic) bond motifs is 1. The average Bonchev–Trinajstić information content (AvgIpc) is 3.32. The molecule has 1 fully saturated rings. The van der Waals surface area contributed by atoms with Crippen molar-refractivity contribution in [2.45, 2.75) is 39.3 Å². The zero-order chi connectivity index (χ0) is 21.5. The van der Waals surface area contributed by atoms with Crippen LogP contribution >= 0.6 is 0 Å². The highest BCUT2D eigenvalue weighted by molar-refractivity contribution is 7.88. The van der Waals surface area contributed by atoms with Gasteiger partial charge in [-0.2, -0.15) is 14.6 Å². The summed E-state index contributed by atoms with van der Waals surface area (Å²) in [7, 11) is -3.17. The molecule has 1 aliphatic heterocycles. The molecule has 11 heteroatoms. The number of nitrogens with zero attached hydrogens (tertiary/aromatic N) is 5. The normalized spacial score (nSPS) is 20.7. The highest BCUT2D eigenvalue weighted by atomic mass is 32.2. The Labute approximate surface area is 175 Å². The smallest absolute Gasteiger partial charge is 0.243 e. The first-order chi connectivity index (χ1) is 14.2. The van der Waals surface area contributed by atoms with E-state index in [1.165, 1.54) is 10.6 Å². The molecule has 4 rings (SSSR count). The predicted octanol–water partition coefficient (Wildman–Crippen LogP) is 1.99. The number of nitrogens with one attached hydrogen (secondary N) is 2. The fraction of sp³-hybridized carbons (Fsp3) is 0.526. The first-order valence-electron chi connectivity index (χ1n) is 9.99. The van der Waals surface area contributed by atoms with Crippen LogP contribution in [0.2, 0.25) is 0 Å². The third-order valence-electron chi connectivity index (χ3n) is 5.26.